The number of rotatable bonds is 1. The van der Waals surface area contributed by atoms with E-state index < -0.39 is 6.16 Å². The first-order valence-electron chi connectivity index (χ1n) is 4.37. The maximum absolute atomic E-state index is 10.8. The lowest BCUT2D eigenvalue weighted by atomic mass is 10.1. The number of nitrogens with zero attached hydrogens (tertiary/aromatic N) is 1. The summed E-state index contributed by atoms with van der Waals surface area (Å²) in [6, 6.07) is 7.99. The average molecular weight is 193 g/mol. The summed E-state index contributed by atoms with van der Waals surface area (Å²) in [6.07, 6.45) is -0.669. The molecule has 2 rings (SSSR count). The molecule has 0 spiro atoms. The first kappa shape index (κ1) is 9.02. The van der Waals surface area contributed by atoms with Gasteiger partial charge in [0.25, 0.3) is 0 Å². The third-order valence-electron chi connectivity index (χ3n) is 2.18. The topological polar surface area (TPSA) is 38.8 Å². The van der Waals surface area contributed by atoms with Crippen molar-refractivity contribution in [1.82, 2.24) is 5.06 Å². The largest absolute Gasteiger partial charge is 0.527 e. The lowest BCUT2D eigenvalue weighted by Gasteiger charge is -2.12. The molecule has 0 radical (unpaired) electrons. The highest BCUT2D eigenvalue weighted by Crippen LogP contribution is 2.22. The minimum absolute atomic E-state index is 0.630. The summed E-state index contributed by atoms with van der Waals surface area (Å²) in [5, 5.41) is 1.58. The summed E-state index contributed by atoms with van der Waals surface area (Å²) in [5.41, 5.74) is 2.38. The third-order valence-corrected chi connectivity index (χ3v) is 2.18. The smallest absolute Gasteiger partial charge is 0.436 e. The Morgan fingerprint density at radius 1 is 1.29 bits per heavy atom. The van der Waals surface area contributed by atoms with E-state index in [1.807, 2.05) is 24.3 Å². The molecular formula is C10H11NO3. The molecule has 0 bridgehead atoms. The molecule has 0 unspecified atom stereocenters. The number of ether oxygens (including phenoxy) is 1. The Morgan fingerprint density at radius 3 is 2.36 bits per heavy atom. The Hall–Kier alpha value is -1.55. The second-order valence-electron chi connectivity index (χ2n) is 3.11. The molecule has 4 nitrogen and oxygen atoms in total. The molecule has 14 heavy (non-hydrogen) atoms. The fourth-order valence-corrected chi connectivity index (χ4v) is 1.51. The van der Waals surface area contributed by atoms with Gasteiger partial charge in [-0.1, -0.05) is 24.3 Å². The highest BCUT2D eigenvalue weighted by atomic mass is 16.8. The average Bonchev–Trinajstić information content (AvgIpc) is 2.59. The van der Waals surface area contributed by atoms with E-state index >= 15 is 0 Å². The maximum Gasteiger partial charge on any atom is 0.527 e. The molecule has 74 valence electrons. The molecule has 0 saturated carbocycles. The Kier molecular flexibility index (Phi) is 2.37. The number of fused-ring (bicyclic) bond motifs is 1. The summed E-state index contributed by atoms with van der Waals surface area (Å²) in [5.74, 6) is 0. The molecule has 4 heteroatoms. The fourth-order valence-electron chi connectivity index (χ4n) is 1.51. The third kappa shape index (κ3) is 1.70. The van der Waals surface area contributed by atoms with E-state index in [1.165, 1.54) is 18.2 Å². The summed E-state index contributed by atoms with van der Waals surface area (Å²) >= 11 is 0. The standard InChI is InChI=1S/C10H11NO3/c1-13-10(12)14-11-6-8-4-2-3-5-9(8)7-11/h2-5H,6-7H2,1H3. The summed E-state index contributed by atoms with van der Waals surface area (Å²) < 4.78 is 4.41. The Morgan fingerprint density at radius 2 is 1.86 bits per heavy atom. The summed E-state index contributed by atoms with van der Waals surface area (Å²) in [7, 11) is 1.30. The van der Waals surface area contributed by atoms with E-state index in [4.69, 9.17) is 4.84 Å². The SMILES string of the molecule is COC(=O)ON1Cc2ccccc2C1. The van der Waals surface area contributed by atoms with Crippen molar-refractivity contribution in [3.63, 3.8) is 0 Å². The molecule has 0 fully saturated rings. The van der Waals surface area contributed by atoms with Crippen molar-refractivity contribution in [2.45, 2.75) is 13.1 Å². The van der Waals surface area contributed by atoms with Crippen molar-refractivity contribution in [2.24, 2.45) is 0 Å². The zero-order valence-electron chi connectivity index (χ0n) is 7.90. The van der Waals surface area contributed by atoms with Crippen LogP contribution in [0.25, 0.3) is 0 Å². The lowest BCUT2D eigenvalue weighted by Crippen LogP contribution is -2.21. The van der Waals surface area contributed by atoms with E-state index in [0.29, 0.717) is 13.1 Å². The summed E-state index contributed by atoms with van der Waals surface area (Å²) in [4.78, 5) is 15.7. The second-order valence-corrected chi connectivity index (χ2v) is 3.11. The van der Waals surface area contributed by atoms with Gasteiger partial charge in [0.2, 0.25) is 0 Å². The van der Waals surface area contributed by atoms with Crippen molar-refractivity contribution >= 4 is 6.16 Å². The Bertz CT molecular complexity index is 326. The molecule has 1 heterocycles. The number of hydroxylamine groups is 2. The molecule has 0 amide bonds. The molecule has 0 aliphatic carbocycles. The van der Waals surface area contributed by atoms with Crippen LogP contribution in [0.3, 0.4) is 0 Å². The Labute approximate surface area is 82.0 Å². The van der Waals surface area contributed by atoms with Crippen LogP contribution in [0.15, 0.2) is 24.3 Å². The van der Waals surface area contributed by atoms with Gasteiger partial charge in [-0.25, -0.2) is 4.79 Å². The van der Waals surface area contributed by atoms with Crippen molar-refractivity contribution in [3.8, 4) is 0 Å². The molecule has 0 aromatic heterocycles. The molecule has 1 aromatic carbocycles. The van der Waals surface area contributed by atoms with E-state index in [1.54, 1.807) is 5.06 Å². The number of hydrogen-bond donors (Lipinski definition) is 0. The second kappa shape index (κ2) is 3.67. The van der Waals surface area contributed by atoms with Gasteiger partial charge in [0.15, 0.2) is 0 Å². The van der Waals surface area contributed by atoms with Gasteiger partial charge in [-0.3, -0.25) is 0 Å². The normalized spacial score (nSPS) is 14.9. The van der Waals surface area contributed by atoms with Crippen LogP contribution in [0.1, 0.15) is 11.1 Å². The number of benzene rings is 1. The van der Waals surface area contributed by atoms with Crippen molar-refractivity contribution in [3.05, 3.63) is 35.4 Å². The van der Waals surface area contributed by atoms with Crippen LogP contribution in [0.2, 0.25) is 0 Å². The molecule has 1 aliphatic rings. The van der Waals surface area contributed by atoms with Crippen LogP contribution < -0.4 is 0 Å². The number of carbonyl (C=O) groups excluding carboxylic acids is 1. The fraction of sp³-hybridized carbons (Fsp3) is 0.300. The van der Waals surface area contributed by atoms with Gasteiger partial charge in [-0.2, -0.15) is 0 Å². The van der Waals surface area contributed by atoms with E-state index in [-0.39, 0.29) is 0 Å². The van der Waals surface area contributed by atoms with Crippen molar-refractivity contribution in [1.29, 1.82) is 0 Å². The van der Waals surface area contributed by atoms with Gasteiger partial charge in [0.1, 0.15) is 0 Å². The van der Waals surface area contributed by atoms with E-state index in [9.17, 15) is 4.79 Å². The van der Waals surface area contributed by atoms with Crippen LogP contribution in [-0.2, 0) is 22.7 Å². The molecule has 0 N–H and O–H groups in total. The first-order valence-corrected chi connectivity index (χ1v) is 4.37. The maximum atomic E-state index is 10.8. The first-order chi connectivity index (χ1) is 6.79. The molecule has 1 aliphatic heterocycles. The van der Waals surface area contributed by atoms with Gasteiger partial charge < -0.3 is 9.57 Å². The van der Waals surface area contributed by atoms with Gasteiger partial charge in [0, 0.05) is 0 Å². The quantitative estimate of drug-likeness (QED) is 0.636. The molecular weight excluding hydrogens is 182 g/mol. The van der Waals surface area contributed by atoms with Crippen LogP contribution in [-0.4, -0.2) is 18.3 Å². The molecule has 0 atom stereocenters. The van der Waals surface area contributed by atoms with Crippen LogP contribution in [0.4, 0.5) is 4.79 Å². The van der Waals surface area contributed by atoms with Gasteiger partial charge in [-0.05, 0) is 11.1 Å². The van der Waals surface area contributed by atoms with Crippen molar-refractivity contribution < 1.29 is 14.4 Å². The van der Waals surface area contributed by atoms with Crippen LogP contribution in [0.5, 0.6) is 0 Å². The number of hydrogen-bond acceptors (Lipinski definition) is 4. The van der Waals surface area contributed by atoms with Gasteiger partial charge in [0.05, 0.1) is 20.2 Å². The highest BCUT2D eigenvalue weighted by molar-refractivity contribution is 5.59. The predicted octanol–water partition coefficient (Wildman–Crippen LogP) is 1.70. The Balaban J connectivity index is 2.01. The van der Waals surface area contributed by atoms with E-state index in [2.05, 4.69) is 4.74 Å². The highest BCUT2D eigenvalue weighted by Gasteiger charge is 2.21. The lowest BCUT2D eigenvalue weighted by molar-refractivity contribution is -0.129. The van der Waals surface area contributed by atoms with Gasteiger partial charge in [-0.15, -0.1) is 5.06 Å². The minimum Gasteiger partial charge on any atom is -0.436 e. The predicted molar refractivity (Wildman–Crippen MR) is 49.2 cm³/mol. The summed E-state index contributed by atoms with van der Waals surface area (Å²) in [6.45, 7) is 1.26. The zero-order valence-corrected chi connectivity index (χ0v) is 7.90. The minimum atomic E-state index is -0.669. The van der Waals surface area contributed by atoms with Crippen LogP contribution in [0, 0.1) is 0 Å². The van der Waals surface area contributed by atoms with Gasteiger partial charge >= 0.3 is 6.16 Å². The molecule has 0 saturated heterocycles. The number of methoxy groups -OCH3 is 1. The number of carbonyl (C=O) groups is 1. The van der Waals surface area contributed by atoms with E-state index in [0.717, 1.165) is 0 Å². The van der Waals surface area contributed by atoms with Crippen molar-refractivity contribution in [2.75, 3.05) is 7.11 Å². The zero-order chi connectivity index (χ0) is 9.97. The molecule has 1 aromatic rings. The monoisotopic (exact) mass is 193 g/mol. The van der Waals surface area contributed by atoms with Crippen LogP contribution >= 0.6 is 0 Å².